The van der Waals surface area contributed by atoms with Crippen molar-refractivity contribution in [3.05, 3.63) is 29.3 Å². The minimum Gasteiger partial charge on any atom is -0.483 e. The van der Waals surface area contributed by atoms with Gasteiger partial charge in [-0.3, -0.25) is 4.79 Å². The maximum Gasteiger partial charge on any atom is 0.258 e. The Labute approximate surface area is 102 Å². The molecule has 17 heavy (non-hydrogen) atoms. The number of ether oxygens (including phenoxy) is 1. The topological polar surface area (TPSA) is 58.6 Å². The van der Waals surface area contributed by atoms with Gasteiger partial charge in [-0.25, -0.2) is 0 Å². The first-order valence-corrected chi connectivity index (χ1v) is 5.63. The summed E-state index contributed by atoms with van der Waals surface area (Å²) in [5.74, 6) is 0.490. The van der Waals surface area contributed by atoms with Gasteiger partial charge in [0.1, 0.15) is 5.75 Å². The Morgan fingerprint density at radius 3 is 2.82 bits per heavy atom. The van der Waals surface area contributed by atoms with Gasteiger partial charge in [0.2, 0.25) is 0 Å². The highest BCUT2D eigenvalue weighted by Gasteiger charge is 2.08. The first kappa shape index (κ1) is 13.5. The van der Waals surface area contributed by atoms with Crippen molar-refractivity contribution in [2.75, 3.05) is 13.2 Å². The Kier molecular flexibility index (Phi) is 4.97. The molecule has 0 heterocycles. The van der Waals surface area contributed by atoms with Crippen molar-refractivity contribution in [2.45, 2.75) is 26.8 Å². The van der Waals surface area contributed by atoms with E-state index >= 15 is 0 Å². The molecule has 0 radical (unpaired) electrons. The fraction of sp³-hybridized carbons (Fsp3) is 0.462. The summed E-state index contributed by atoms with van der Waals surface area (Å²) in [6.07, 6.45) is 0. The number of aliphatic hydroxyl groups is 1. The molecule has 94 valence electrons. The summed E-state index contributed by atoms with van der Waals surface area (Å²) >= 11 is 0. The molecule has 0 fully saturated rings. The molecular weight excluding hydrogens is 218 g/mol. The van der Waals surface area contributed by atoms with Crippen molar-refractivity contribution < 1.29 is 14.6 Å². The van der Waals surface area contributed by atoms with Crippen molar-refractivity contribution in [3.8, 4) is 5.75 Å². The van der Waals surface area contributed by atoms with E-state index in [1.807, 2.05) is 32.0 Å². The number of hydrogen-bond acceptors (Lipinski definition) is 3. The third-order valence-electron chi connectivity index (χ3n) is 2.59. The highest BCUT2D eigenvalue weighted by molar-refractivity contribution is 5.77. The van der Waals surface area contributed by atoms with Crippen LogP contribution in [0.3, 0.4) is 0 Å². The Hall–Kier alpha value is -1.55. The standard InChI is InChI=1S/C13H19NO3/c1-9-5-4-6-12(11(9)3)17-8-13(16)14-10(2)7-15/h4-6,10,15H,7-8H2,1-3H3,(H,14,16)/t10-/m1/s1. The van der Waals surface area contributed by atoms with E-state index in [1.165, 1.54) is 0 Å². The molecule has 4 heteroatoms. The van der Waals surface area contributed by atoms with E-state index in [1.54, 1.807) is 6.92 Å². The van der Waals surface area contributed by atoms with Crippen LogP contribution in [-0.2, 0) is 4.79 Å². The molecule has 0 saturated carbocycles. The molecule has 0 aliphatic carbocycles. The summed E-state index contributed by atoms with van der Waals surface area (Å²) in [6.45, 7) is 5.58. The van der Waals surface area contributed by atoms with Gasteiger partial charge in [0.15, 0.2) is 6.61 Å². The predicted octanol–water partition coefficient (Wildman–Crippen LogP) is 1.18. The lowest BCUT2D eigenvalue weighted by molar-refractivity contribution is -0.124. The fourth-order valence-electron chi connectivity index (χ4n) is 1.39. The molecule has 0 aliphatic heterocycles. The molecule has 0 saturated heterocycles. The quantitative estimate of drug-likeness (QED) is 0.808. The molecule has 4 nitrogen and oxygen atoms in total. The molecule has 0 spiro atoms. The molecule has 0 aromatic heterocycles. The van der Waals surface area contributed by atoms with Crippen molar-refractivity contribution in [3.63, 3.8) is 0 Å². The monoisotopic (exact) mass is 237 g/mol. The first-order valence-electron chi connectivity index (χ1n) is 5.63. The van der Waals surface area contributed by atoms with Crippen molar-refractivity contribution >= 4 is 5.91 Å². The molecule has 0 bridgehead atoms. The number of aryl methyl sites for hydroxylation is 1. The molecule has 0 unspecified atom stereocenters. The number of nitrogens with one attached hydrogen (secondary N) is 1. The van der Waals surface area contributed by atoms with E-state index in [9.17, 15) is 4.79 Å². The van der Waals surface area contributed by atoms with Gasteiger partial charge in [-0.15, -0.1) is 0 Å². The Bertz CT molecular complexity index is 390. The van der Waals surface area contributed by atoms with Crippen LogP contribution in [0.4, 0.5) is 0 Å². The van der Waals surface area contributed by atoms with Crippen LogP contribution in [0.5, 0.6) is 5.75 Å². The lowest BCUT2D eigenvalue weighted by atomic mass is 10.1. The summed E-state index contributed by atoms with van der Waals surface area (Å²) in [5.41, 5.74) is 2.17. The molecule has 1 amide bonds. The molecule has 2 N–H and O–H groups in total. The lowest BCUT2D eigenvalue weighted by Crippen LogP contribution is -2.38. The van der Waals surface area contributed by atoms with E-state index in [0.717, 1.165) is 16.9 Å². The Balaban J connectivity index is 2.50. The normalized spacial score (nSPS) is 12.0. The summed E-state index contributed by atoms with van der Waals surface area (Å²) in [7, 11) is 0. The summed E-state index contributed by atoms with van der Waals surface area (Å²) < 4.78 is 5.43. The SMILES string of the molecule is Cc1cccc(OCC(=O)N[C@H](C)CO)c1C. The zero-order chi connectivity index (χ0) is 12.8. The minimum atomic E-state index is -0.246. The summed E-state index contributed by atoms with van der Waals surface area (Å²) in [4.78, 5) is 11.4. The van der Waals surface area contributed by atoms with Gasteiger partial charge in [0.25, 0.3) is 5.91 Å². The van der Waals surface area contributed by atoms with E-state index in [4.69, 9.17) is 9.84 Å². The summed E-state index contributed by atoms with van der Waals surface area (Å²) in [5, 5.41) is 11.4. The number of benzene rings is 1. The molecule has 1 aromatic rings. The average Bonchev–Trinajstić information content (AvgIpc) is 2.31. The van der Waals surface area contributed by atoms with Crippen molar-refractivity contribution in [2.24, 2.45) is 0 Å². The van der Waals surface area contributed by atoms with Crippen molar-refractivity contribution in [1.29, 1.82) is 0 Å². The second kappa shape index (κ2) is 6.25. The zero-order valence-corrected chi connectivity index (χ0v) is 10.5. The zero-order valence-electron chi connectivity index (χ0n) is 10.5. The van der Waals surface area contributed by atoms with E-state index in [0.29, 0.717) is 0 Å². The number of hydrogen-bond donors (Lipinski definition) is 2. The lowest BCUT2D eigenvalue weighted by Gasteiger charge is -2.13. The maximum atomic E-state index is 11.4. The molecular formula is C13H19NO3. The second-order valence-corrected chi connectivity index (χ2v) is 4.14. The van der Waals surface area contributed by atoms with E-state index < -0.39 is 0 Å². The fourth-order valence-corrected chi connectivity index (χ4v) is 1.39. The first-order chi connectivity index (χ1) is 8.04. The van der Waals surface area contributed by atoms with Crippen LogP contribution in [0.15, 0.2) is 18.2 Å². The van der Waals surface area contributed by atoms with Crippen LogP contribution >= 0.6 is 0 Å². The Morgan fingerprint density at radius 1 is 1.47 bits per heavy atom. The van der Waals surface area contributed by atoms with Gasteiger partial charge in [0.05, 0.1) is 6.61 Å². The number of carbonyl (C=O) groups excluding carboxylic acids is 1. The van der Waals surface area contributed by atoms with Crippen molar-refractivity contribution in [1.82, 2.24) is 5.32 Å². The Morgan fingerprint density at radius 2 is 2.18 bits per heavy atom. The van der Waals surface area contributed by atoms with Crippen LogP contribution in [0.25, 0.3) is 0 Å². The molecule has 1 atom stereocenters. The van der Waals surface area contributed by atoms with Gasteiger partial charge in [-0.1, -0.05) is 12.1 Å². The number of carbonyl (C=O) groups is 1. The van der Waals surface area contributed by atoms with Gasteiger partial charge in [0, 0.05) is 6.04 Å². The maximum absolute atomic E-state index is 11.4. The number of amides is 1. The third kappa shape index (κ3) is 4.07. The van der Waals surface area contributed by atoms with E-state index in [-0.39, 0.29) is 25.2 Å². The van der Waals surface area contributed by atoms with Crippen LogP contribution in [0.2, 0.25) is 0 Å². The largest absolute Gasteiger partial charge is 0.483 e. The predicted molar refractivity (Wildman–Crippen MR) is 66.1 cm³/mol. The van der Waals surface area contributed by atoms with Gasteiger partial charge in [-0.05, 0) is 38.0 Å². The number of aliphatic hydroxyl groups excluding tert-OH is 1. The second-order valence-electron chi connectivity index (χ2n) is 4.14. The van der Waals surface area contributed by atoms with E-state index in [2.05, 4.69) is 5.32 Å². The van der Waals surface area contributed by atoms with Crippen LogP contribution in [0, 0.1) is 13.8 Å². The molecule has 0 aliphatic rings. The average molecular weight is 237 g/mol. The van der Waals surface area contributed by atoms with Gasteiger partial charge >= 0.3 is 0 Å². The highest BCUT2D eigenvalue weighted by atomic mass is 16.5. The molecule has 1 rings (SSSR count). The molecule has 1 aromatic carbocycles. The number of rotatable bonds is 5. The van der Waals surface area contributed by atoms with Crippen LogP contribution < -0.4 is 10.1 Å². The van der Waals surface area contributed by atoms with Gasteiger partial charge < -0.3 is 15.2 Å². The minimum absolute atomic E-state index is 0.0331. The van der Waals surface area contributed by atoms with Crippen LogP contribution in [0.1, 0.15) is 18.1 Å². The summed E-state index contributed by atoms with van der Waals surface area (Å²) in [6, 6.07) is 5.48. The highest BCUT2D eigenvalue weighted by Crippen LogP contribution is 2.20. The third-order valence-corrected chi connectivity index (χ3v) is 2.59. The smallest absolute Gasteiger partial charge is 0.258 e. The van der Waals surface area contributed by atoms with Crippen LogP contribution in [-0.4, -0.2) is 30.3 Å². The van der Waals surface area contributed by atoms with Gasteiger partial charge in [-0.2, -0.15) is 0 Å².